The Labute approximate surface area is 96.9 Å². The lowest BCUT2D eigenvalue weighted by atomic mass is 10.1. The quantitative estimate of drug-likeness (QED) is 0.815. The van der Waals surface area contributed by atoms with Gasteiger partial charge in [-0.15, -0.1) is 0 Å². The first-order chi connectivity index (χ1) is 8.11. The molecule has 0 radical (unpaired) electrons. The van der Waals surface area contributed by atoms with E-state index >= 15 is 0 Å². The maximum Gasteiger partial charge on any atom is 0.213 e. The van der Waals surface area contributed by atoms with Crippen molar-refractivity contribution in [1.82, 2.24) is 4.98 Å². The summed E-state index contributed by atoms with van der Waals surface area (Å²) in [6.45, 7) is 0. The molecule has 0 saturated heterocycles. The fourth-order valence-electron chi connectivity index (χ4n) is 1.45. The zero-order valence-electron chi connectivity index (χ0n) is 9.08. The summed E-state index contributed by atoms with van der Waals surface area (Å²) in [6.07, 6.45) is 1.03. The van der Waals surface area contributed by atoms with Crippen molar-refractivity contribution >= 4 is 5.69 Å². The number of hydrogen-bond acceptors (Lipinski definition) is 3. The summed E-state index contributed by atoms with van der Waals surface area (Å²) in [5, 5.41) is 0. The van der Waals surface area contributed by atoms with Crippen LogP contribution in [0.2, 0.25) is 0 Å². The Morgan fingerprint density at radius 3 is 2.59 bits per heavy atom. The molecule has 0 aliphatic rings. The van der Waals surface area contributed by atoms with E-state index in [2.05, 4.69) is 4.98 Å². The molecule has 1 heterocycles. The number of anilines is 1. The van der Waals surface area contributed by atoms with E-state index in [-0.39, 0.29) is 17.1 Å². The van der Waals surface area contributed by atoms with Gasteiger partial charge in [0.25, 0.3) is 0 Å². The van der Waals surface area contributed by atoms with Crippen molar-refractivity contribution < 1.29 is 13.5 Å². The molecule has 0 aliphatic heterocycles. The van der Waals surface area contributed by atoms with Crippen molar-refractivity contribution in [2.45, 2.75) is 0 Å². The van der Waals surface area contributed by atoms with Gasteiger partial charge >= 0.3 is 0 Å². The third-order valence-electron chi connectivity index (χ3n) is 2.35. The van der Waals surface area contributed by atoms with E-state index in [1.54, 1.807) is 0 Å². The van der Waals surface area contributed by atoms with Crippen LogP contribution in [0.25, 0.3) is 11.1 Å². The highest BCUT2D eigenvalue weighted by Crippen LogP contribution is 2.27. The minimum atomic E-state index is -0.585. The molecular formula is C12H10F2N2O. The van der Waals surface area contributed by atoms with Crippen molar-refractivity contribution in [1.29, 1.82) is 0 Å². The number of methoxy groups -OCH3 is 1. The second-order valence-corrected chi connectivity index (χ2v) is 3.44. The first-order valence-electron chi connectivity index (χ1n) is 4.86. The summed E-state index contributed by atoms with van der Waals surface area (Å²) in [6, 6.07) is 5.50. The number of aromatic nitrogens is 1. The number of ether oxygens (including phenoxy) is 1. The first-order valence-corrected chi connectivity index (χ1v) is 4.86. The normalized spacial score (nSPS) is 10.3. The number of nitrogens with two attached hydrogens (primary N) is 1. The lowest BCUT2D eigenvalue weighted by molar-refractivity contribution is 0.396. The minimum Gasteiger partial charge on any atom is -0.481 e. The fourth-order valence-corrected chi connectivity index (χ4v) is 1.45. The zero-order valence-corrected chi connectivity index (χ0v) is 9.08. The van der Waals surface area contributed by atoms with E-state index in [1.807, 2.05) is 0 Å². The maximum absolute atomic E-state index is 13.6. The molecule has 0 atom stereocenters. The van der Waals surface area contributed by atoms with Gasteiger partial charge in [-0.05, 0) is 17.7 Å². The molecule has 0 aliphatic carbocycles. The van der Waals surface area contributed by atoms with Gasteiger partial charge in [0.05, 0.1) is 19.0 Å². The first kappa shape index (κ1) is 11.3. The Balaban J connectivity index is 2.55. The van der Waals surface area contributed by atoms with Crippen LogP contribution in [0.15, 0.2) is 30.5 Å². The smallest absolute Gasteiger partial charge is 0.213 e. The van der Waals surface area contributed by atoms with Gasteiger partial charge in [-0.1, -0.05) is 6.07 Å². The molecular weight excluding hydrogens is 226 g/mol. The van der Waals surface area contributed by atoms with Crippen LogP contribution in [-0.4, -0.2) is 12.1 Å². The molecule has 0 bridgehead atoms. The van der Waals surface area contributed by atoms with Crippen LogP contribution < -0.4 is 10.5 Å². The molecule has 0 unspecified atom stereocenters. The van der Waals surface area contributed by atoms with Crippen molar-refractivity contribution in [3.8, 4) is 17.0 Å². The summed E-state index contributed by atoms with van der Waals surface area (Å²) in [5.74, 6) is -0.869. The molecule has 0 spiro atoms. The summed E-state index contributed by atoms with van der Waals surface area (Å²) < 4.78 is 31.7. The number of nitrogen functional groups attached to an aromatic ring is 1. The van der Waals surface area contributed by atoms with Crippen LogP contribution in [0.3, 0.4) is 0 Å². The third kappa shape index (κ3) is 2.18. The van der Waals surface area contributed by atoms with E-state index in [0.717, 1.165) is 6.20 Å². The van der Waals surface area contributed by atoms with Crippen LogP contribution >= 0.6 is 0 Å². The Kier molecular flexibility index (Phi) is 2.91. The molecule has 88 valence electrons. The van der Waals surface area contributed by atoms with Crippen LogP contribution in [-0.2, 0) is 0 Å². The summed E-state index contributed by atoms with van der Waals surface area (Å²) in [5.41, 5.74) is 5.98. The van der Waals surface area contributed by atoms with Crippen LogP contribution in [0.4, 0.5) is 14.5 Å². The van der Waals surface area contributed by atoms with E-state index in [4.69, 9.17) is 10.5 Å². The lowest BCUT2D eigenvalue weighted by Crippen LogP contribution is -1.94. The van der Waals surface area contributed by atoms with Gasteiger partial charge in [-0.25, -0.2) is 13.8 Å². The Hall–Kier alpha value is -2.17. The number of halogens is 2. The van der Waals surface area contributed by atoms with Gasteiger partial charge in [0.2, 0.25) is 5.88 Å². The highest BCUT2D eigenvalue weighted by molar-refractivity contribution is 5.67. The molecule has 0 amide bonds. The summed E-state index contributed by atoms with van der Waals surface area (Å²) >= 11 is 0. The van der Waals surface area contributed by atoms with Gasteiger partial charge < -0.3 is 10.5 Å². The molecule has 0 saturated carbocycles. The Bertz CT molecular complexity index is 558. The Morgan fingerprint density at radius 2 is 1.94 bits per heavy atom. The molecule has 0 fully saturated rings. The Morgan fingerprint density at radius 1 is 1.18 bits per heavy atom. The summed E-state index contributed by atoms with van der Waals surface area (Å²) in [7, 11) is 1.42. The highest BCUT2D eigenvalue weighted by Gasteiger charge is 2.09. The largest absolute Gasteiger partial charge is 0.481 e. The molecule has 5 heteroatoms. The van der Waals surface area contributed by atoms with Gasteiger partial charge in [0.1, 0.15) is 11.6 Å². The molecule has 1 aromatic heterocycles. The van der Waals surface area contributed by atoms with Crippen LogP contribution in [0, 0.1) is 11.6 Å². The monoisotopic (exact) mass is 236 g/mol. The predicted molar refractivity (Wildman–Crippen MR) is 60.6 cm³/mol. The zero-order chi connectivity index (χ0) is 12.4. The molecule has 2 N–H and O–H groups in total. The van der Waals surface area contributed by atoms with Gasteiger partial charge in [-0.3, -0.25) is 0 Å². The van der Waals surface area contributed by atoms with E-state index < -0.39 is 11.6 Å². The third-order valence-corrected chi connectivity index (χ3v) is 2.35. The van der Waals surface area contributed by atoms with Crippen LogP contribution in [0.1, 0.15) is 0 Å². The topological polar surface area (TPSA) is 48.1 Å². The predicted octanol–water partition coefficient (Wildman–Crippen LogP) is 2.62. The molecule has 2 aromatic rings. The SMILES string of the molecule is COc1cc(-c2ccc(N)c(F)c2)c(F)cn1. The maximum atomic E-state index is 13.6. The molecule has 17 heavy (non-hydrogen) atoms. The molecule has 1 aromatic carbocycles. The van der Waals surface area contributed by atoms with Crippen molar-refractivity contribution in [3.63, 3.8) is 0 Å². The minimum absolute atomic E-state index is 0.0233. The second-order valence-electron chi connectivity index (χ2n) is 3.44. The number of benzene rings is 1. The van der Waals surface area contributed by atoms with E-state index in [0.29, 0.717) is 5.56 Å². The highest BCUT2D eigenvalue weighted by atomic mass is 19.1. The van der Waals surface area contributed by atoms with Gasteiger partial charge in [0.15, 0.2) is 0 Å². The lowest BCUT2D eigenvalue weighted by Gasteiger charge is -2.06. The standard InChI is InChI=1S/C12H10F2N2O/c1-17-12-5-8(10(14)6-16-12)7-2-3-11(15)9(13)4-7/h2-6H,15H2,1H3. The van der Waals surface area contributed by atoms with Crippen molar-refractivity contribution in [2.24, 2.45) is 0 Å². The average Bonchev–Trinajstić information content (AvgIpc) is 2.33. The van der Waals surface area contributed by atoms with Crippen molar-refractivity contribution in [2.75, 3.05) is 12.8 Å². The van der Waals surface area contributed by atoms with Gasteiger partial charge in [0, 0.05) is 11.6 Å². The molecule has 2 rings (SSSR count). The number of rotatable bonds is 2. The van der Waals surface area contributed by atoms with Crippen LogP contribution in [0.5, 0.6) is 5.88 Å². The number of nitrogens with zero attached hydrogens (tertiary/aromatic N) is 1. The van der Waals surface area contributed by atoms with Gasteiger partial charge in [-0.2, -0.15) is 0 Å². The summed E-state index contributed by atoms with van der Waals surface area (Å²) in [4.78, 5) is 3.71. The number of hydrogen-bond donors (Lipinski definition) is 1. The van der Waals surface area contributed by atoms with Crippen molar-refractivity contribution in [3.05, 3.63) is 42.1 Å². The molecule has 3 nitrogen and oxygen atoms in total. The number of pyridine rings is 1. The average molecular weight is 236 g/mol. The van der Waals surface area contributed by atoms with E-state index in [9.17, 15) is 8.78 Å². The second kappa shape index (κ2) is 4.37. The van der Waals surface area contributed by atoms with E-state index in [1.165, 1.54) is 31.4 Å². The fraction of sp³-hybridized carbons (Fsp3) is 0.0833.